The first-order valence-electron chi connectivity index (χ1n) is 8.97. The number of amides is 1. The Balaban J connectivity index is 1.50. The number of fused-ring (bicyclic) bond motifs is 1. The zero-order valence-electron chi connectivity index (χ0n) is 15.2. The van der Waals surface area contributed by atoms with Crippen LogP contribution in [-0.2, 0) is 11.2 Å². The fourth-order valence-corrected chi connectivity index (χ4v) is 3.76. The molecule has 3 heterocycles. The van der Waals surface area contributed by atoms with Crippen LogP contribution in [-0.4, -0.2) is 37.6 Å². The topological polar surface area (TPSA) is 51.9 Å². The van der Waals surface area contributed by atoms with E-state index in [2.05, 4.69) is 6.92 Å². The van der Waals surface area contributed by atoms with Crippen LogP contribution in [0.4, 0.5) is 0 Å². The number of methoxy groups -OCH3 is 1. The van der Waals surface area contributed by atoms with Gasteiger partial charge in [0.05, 0.1) is 19.3 Å². The summed E-state index contributed by atoms with van der Waals surface area (Å²) in [6.45, 7) is 3.85. The van der Waals surface area contributed by atoms with Gasteiger partial charge in [0.25, 0.3) is 0 Å². The van der Waals surface area contributed by atoms with E-state index in [1.165, 1.54) is 5.57 Å². The van der Waals surface area contributed by atoms with Crippen LogP contribution >= 0.6 is 0 Å². The quantitative estimate of drug-likeness (QED) is 0.847. The molecule has 136 valence electrons. The molecule has 5 nitrogen and oxygen atoms in total. The third kappa shape index (κ3) is 2.98. The lowest BCUT2D eigenvalue weighted by molar-refractivity contribution is -0.136. The number of hydrogen-bond acceptors (Lipinski definition) is 4. The maximum atomic E-state index is 13.1. The molecule has 1 aromatic carbocycles. The predicted octanol–water partition coefficient (Wildman–Crippen LogP) is 3.55. The van der Waals surface area contributed by atoms with Crippen molar-refractivity contribution in [3.05, 3.63) is 53.5 Å². The van der Waals surface area contributed by atoms with E-state index in [9.17, 15) is 4.79 Å². The number of carbonyl (C=O) groups is 1. The molecular formula is C21H23NO4. The molecule has 1 aromatic heterocycles. The van der Waals surface area contributed by atoms with Gasteiger partial charge in [0.15, 0.2) is 11.5 Å². The molecule has 0 bridgehead atoms. The van der Waals surface area contributed by atoms with Gasteiger partial charge in [-0.3, -0.25) is 4.79 Å². The lowest BCUT2D eigenvalue weighted by Crippen LogP contribution is -2.43. The molecule has 0 fully saturated rings. The average Bonchev–Trinajstić information content (AvgIpc) is 3.21. The van der Waals surface area contributed by atoms with Gasteiger partial charge >= 0.3 is 0 Å². The lowest BCUT2D eigenvalue weighted by Gasteiger charge is -2.34. The van der Waals surface area contributed by atoms with Crippen molar-refractivity contribution in [3.8, 4) is 11.5 Å². The number of para-hydroxylation sites is 1. The van der Waals surface area contributed by atoms with Crippen LogP contribution in [0.25, 0.3) is 5.57 Å². The van der Waals surface area contributed by atoms with Crippen molar-refractivity contribution in [3.63, 3.8) is 0 Å². The SMILES string of the molecule is COc1cccc2c1OCC(C(=O)N1CCC(C)=C(c3ccco3)C1)C2. The van der Waals surface area contributed by atoms with Crippen molar-refractivity contribution in [2.75, 3.05) is 26.8 Å². The van der Waals surface area contributed by atoms with Crippen molar-refractivity contribution < 1.29 is 18.7 Å². The highest BCUT2D eigenvalue weighted by atomic mass is 16.5. The van der Waals surface area contributed by atoms with Gasteiger partial charge in [0, 0.05) is 18.7 Å². The number of hydrogen-bond donors (Lipinski definition) is 0. The van der Waals surface area contributed by atoms with E-state index in [-0.39, 0.29) is 11.8 Å². The third-order valence-corrected chi connectivity index (χ3v) is 5.28. The van der Waals surface area contributed by atoms with Crippen LogP contribution in [0.1, 0.15) is 24.7 Å². The Labute approximate surface area is 153 Å². The van der Waals surface area contributed by atoms with Crippen LogP contribution < -0.4 is 9.47 Å². The number of carbonyl (C=O) groups excluding carboxylic acids is 1. The number of ether oxygens (including phenoxy) is 2. The molecule has 0 radical (unpaired) electrons. The molecule has 4 rings (SSSR count). The fourth-order valence-electron chi connectivity index (χ4n) is 3.76. The van der Waals surface area contributed by atoms with Gasteiger partial charge in [-0.15, -0.1) is 0 Å². The highest BCUT2D eigenvalue weighted by Gasteiger charge is 2.33. The highest BCUT2D eigenvalue weighted by molar-refractivity contribution is 5.83. The van der Waals surface area contributed by atoms with Gasteiger partial charge in [-0.2, -0.15) is 0 Å². The van der Waals surface area contributed by atoms with E-state index in [0.717, 1.165) is 41.4 Å². The van der Waals surface area contributed by atoms with Gasteiger partial charge < -0.3 is 18.8 Å². The second-order valence-corrected chi connectivity index (χ2v) is 6.91. The summed E-state index contributed by atoms with van der Waals surface area (Å²) in [6, 6.07) is 9.67. The normalized spacial score (nSPS) is 19.8. The Hall–Kier alpha value is -2.69. The third-order valence-electron chi connectivity index (χ3n) is 5.28. The summed E-state index contributed by atoms with van der Waals surface area (Å²) in [5.74, 6) is 2.34. The Bertz CT molecular complexity index is 838. The zero-order chi connectivity index (χ0) is 18.1. The summed E-state index contributed by atoms with van der Waals surface area (Å²) in [6.07, 6.45) is 3.23. The van der Waals surface area contributed by atoms with Crippen molar-refractivity contribution >= 4 is 11.5 Å². The summed E-state index contributed by atoms with van der Waals surface area (Å²) in [5.41, 5.74) is 3.44. The van der Waals surface area contributed by atoms with Crippen molar-refractivity contribution in [2.24, 2.45) is 5.92 Å². The number of rotatable bonds is 3. The van der Waals surface area contributed by atoms with Crippen LogP contribution in [0, 0.1) is 5.92 Å². The van der Waals surface area contributed by atoms with Crippen LogP contribution in [0.15, 0.2) is 46.6 Å². The van der Waals surface area contributed by atoms with E-state index in [1.54, 1.807) is 13.4 Å². The summed E-state index contributed by atoms with van der Waals surface area (Å²) in [7, 11) is 1.63. The molecule has 1 amide bonds. The van der Waals surface area contributed by atoms with E-state index >= 15 is 0 Å². The Morgan fingerprint density at radius 3 is 2.92 bits per heavy atom. The molecule has 5 heteroatoms. The molecule has 0 saturated heterocycles. The molecular weight excluding hydrogens is 330 g/mol. The van der Waals surface area contributed by atoms with E-state index in [1.807, 2.05) is 35.2 Å². The maximum Gasteiger partial charge on any atom is 0.229 e. The van der Waals surface area contributed by atoms with Gasteiger partial charge in [-0.05, 0) is 43.5 Å². The zero-order valence-corrected chi connectivity index (χ0v) is 15.2. The van der Waals surface area contributed by atoms with Crippen molar-refractivity contribution in [1.29, 1.82) is 0 Å². The first-order valence-corrected chi connectivity index (χ1v) is 8.97. The number of benzene rings is 1. The van der Waals surface area contributed by atoms with Gasteiger partial charge in [0.2, 0.25) is 5.91 Å². The molecule has 2 aromatic rings. The lowest BCUT2D eigenvalue weighted by atomic mass is 9.93. The largest absolute Gasteiger partial charge is 0.493 e. The highest BCUT2D eigenvalue weighted by Crippen LogP contribution is 2.37. The number of furan rings is 1. The maximum absolute atomic E-state index is 13.1. The van der Waals surface area contributed by atoms with Crippen LogP contribution in [0.2, 0.25) is 0 Å². The molecule has 2 aliphatic rings. The van der Waals surface area contributed by atoms with Crippen LogP contribution in [0.3, 0.4) is 0 Å². The van der Waals surface area contributed by atoms with E-state index in [4.69, 9.17) is 13.9 Å². The first kappa shape index (κ1) is 16.8. The summed E-state index contributed by atoms with van der Waals surface area (Å²) in [5, 5.41) is 0. The Kier molecular flexibility index (Phi) is 4.45. The minimum atomic E-state index is -0.161. The fraction of sp³-hybridized carbons (Fsp3) is 0.381. The molecule has 26 heavy (non-hydrogen) atoms. The minimum Gasteiger partial charge on any atom is -0.493 e. The van der Waals surface area contributed by atoms with Gasteiger partial charge in [0.1, 0.15) is 12.4 Å². The van der Waals surface area contributed by atoms with E-state index in [0.29, 0.717) is 19.6 Å². The molecule has 0 N–H and O–H groups in total. The first-order chi connectivity index (χ1) is 12.7. The average molecular weight is 353 g/mol. The van der Waals surface area contributed by atoms with Crippen molar-refractivity contribution in [1.82, 2.24) is 4.90 Å². The second-order valence-electron chi connectivity index (χ2n) is 6.91. The summed E-state index contributed by atoms with van der Waals surface area (Å²) in [4.78, 5) is 15.0. The molecule has 1 unspecified atom stereocenters. The second kappa shape index (κ2) is 6.90. The van der Waals surface area contributed by atoms with Crippen LogP contribution in [0.5, 0.6) is 11.5 Å². The standard InChI is InChI=1S/C21H23NO4/c1-14-8-9-22(12-17(14)18-7-4-10-25-18)21(23)16-11-15-5-3-6-19(24-2)20(15)26-13-16/h3-7,10,16H,8-9,11-13H2,1-2H3. The smallest absolute Gasteiger partial charge is 0.229 e. The van der Waals surface area contributed by atoms with Crippen molar-refractivity contribution in [2.45, 2.75) is 19.8 Å². The molecule has 2 aliphatic heterocycles. The summed E-state index contributed by atoms with van der Waals surface area (Å²) < 4.78 is 16.8. The minimum absolute atomic E-state index is 0.148. The monoisotopic (exact) mass is 353 g/mol. The summed E-state index contributed by atoms with van der Waals surface area (Å²) >= 11 is 0. The molecule has 0 saturated carbocycles. The molecule has 0 aliphatic carbocycles. The van der Waals surface area contributed by atoms with E-state index < -0.39 is 0 Å². The number of nitrogens with zero attached hydrogens (tertiary/aromatic N) is 1. The Morgan fingerprint density at radius 2 is 2.15 bits per heavy atom. The molecule has 1 atom stereocenters. The Morgan fingerprint density at radius 1 is 1.27 bits per heavy atom. The molecule has 0 spiro atoms. The van der Waals surface area contributed by atoms with Gasteiger partial charge in [-0.25, -0.2) is 0 Å². The predicted molar refractivity (Wildman–Crippen MR) is 98.2 cm³/mol. The van der Waals surface area contributed by atoms with Gasteiger partial charge in [-0.1, -0.05) is 17.7 Å².